The average Bonchev–Trinajstić information content (AvgIpc) is 2.62. The second kappa shape index (κ2) is 10.0. The van der Waals surface area contributed by atoms with Gasteiger partial charge in [0.1, 0.15) is 6.23 Å². The molecule has 0 aromatic heterocycles. The molecule has 1 heterocycles. The van der Waals surface area contributed by atoms with Gasteiger partial charge in [-0.2, -0.15) is 0 Å². The Bertz CT molecular complexity index is 636. The summed E-state index contributed by atoms with van der Waals surface area (Å²) in [6, 6.07) is 5.09. The van der Waals surface area contributed by atoms with Gasteiger partial charge < -0.3 is 20.1 Å². The number of piperazine rings is 1. The van der Waals surface area contributed by atoms with Crippen molar-refractivity contribution in [3.05, 3.63) is 23.2 Å². The van der Waals surface area contributed by atoms with E-state index in [2.05, 4.69) is 5.32 Å². The van der Waals surface area contributed by atoms with Crippen LogP contribution in [0.5, 0.6) is 0 Å². The number of hydrogen-bond donors (Lipinski definition) is 2. The molecule has 0 radical (unpaired) electrons. The van der Waals surface area contributed by atoms with E-state index < -0.39 is 11.5 Å². The maximum atomic E-state index is 12.4. The topological polar surface area (TPSA) is 82.1 Å². The average molecular weight is 402 g/mol. The Morgan fingerprint density at radius 1 is 1.35 bits per heavy atom. The van der Waals surface area contributed by atoms with E-state index in [1.54, 1.807) is 36.9 Å². The molecule has 7 nitrogen and oxygen atoms in total. The van der Waals surface area contributed by atoms with Crippen molar-refractivity contribution in [1.82, 2.24) is 9.80 Å². The summed E-state index contributed by atoms with van der Waals surface area (Å²) < 4.78 is 4.94. The number of thioether (sulfide) groups is 1. The van der Waals surface area contributed by atoms with Gasteiger partial charge >= 0.3 is 5.30 Å². The minimum Gasteiger partial charge on any atom is -0.458 e. The summed E-state index contributed by atoms with van der Waals surface area (Å²) in [5.74, 6) is -0.0395. The van der Waals surface area contributed by atoms with Crippen LogP contribution in [0, 0.1) is 0 Å². The Hall–Kier alpha value is -1.48. The number of nitrogens with one attached hydrogen (secondary N) is 1. The molecule has 1 unspecified atom stereocenters. The number of halogens is 1. The molecule has 9 heteroatoms. The second-order valence-corrected chi connectivity index (χ2v) is 7.24. The first-order valence-corrected chi connectivity index (χ1v) is 9.68. The summed E-state index contributed by atoms with van der Waals surface area (Å²) in [6.07, 6.45) is -0.501. The first-order chi connectivity index (χ1) is 12.4. The molecular weight excluding hydrogens is 378 g/mol. The van der Waals surface area contributed by atoms with Crippen LogP contribution in [0.4, 0.5) is 10.5 Å². The number of aliphatic hydroxyl groups is 1. The van der Waals surface area contributed by atoms with E-state index in [1.807, 2.05) is 4.90 Å². The van der Waals surface area contributed by atoms with E-state index in [0.717, 1.165) is 11.8 Å². The molecule has 1 saturated heterocycles. The van der Waals surface area contributed by atoms with Crippen molar-refractivity contribution >= 4 is 40.3 Å². The zero-order chi connectivity index (χ0) is 19.1. The monoisotopic (exact) mass is 401 g/mol. The van der Waals surface area contributed by atoms with E-state index in [0.29, 0.717) is 48.4 Å². The molecule has 1 aromatic rings. The minimum atomic E-state index is -0.501. The summed E-state index contributed by atoms with van der Waals surface area (Å²) in [6.45, 7) is 6.31. The fourth-order valence-corrected chi connectivity index (χ4v) is 3.50. The lowest BCUT2D eigenvalue weighted by Gasteiger charge is -2.36. The Morgan fingerprint density at radius 2 is 2.04 bits per heavy atom. The van der Waals surface area contributed by atoms with Crippen LogP contribution in [-0.4, -0.2) is 71.7 Å². The van der Waals surface area contributed by atoms with Crippen molar-refractivity contribution < 1.29 is 19.4 Å². The Kier molecular flexibility index (Phi) is 8.02. The molecule has 1 atom stereocenters. The van der Waals surface area contributed by atoms with Gasteiger partial charge in [0.25, 0.3) is 0 Å². The smallest absolute Gasteiger partial charge is 0.372 e. The number of ether oxygens (including phenoxy) is 1. The fourth-order valence-electron chi connectivity index (χ4n) is 2.59. The van der Waals surface area contributed by atoms with E-state index in [9.17, 15) is 14.7 Å². The third-order valence-electron chi connectivity index (χ3n) is 4.02. The Labute approximate surface area is 162 Å². The van der Waals surface area contributed by atoms with Crippen molar-refractivity contribution in [2.24, 2.45) is 0 Å². The molecular formula is C17H24ClN3O4S. The van der Waals surface area contributed by atoms with Crippen LogP contribution in [0.3, 0.4) is 0 Å². The van der Waals surface area contributed by atoms with E-state index >= 15 is 0 Å². The van der Waals surface area contributed by atoms with E-state index in [-0.39, 0.29) is 12.5 Å². The molecule has 0 aliphatic carbocycles. The molecule has 26 heavy (non-hydrogen) atoms. The highest BCUT2D eigenvalue weighted by molar-refractivity contribution is 8.13. The van der Waals surface area contributed by atoms with Gasteiger partial charge in [-0.15, -0.1) is 0 Å². The number of carbonyl (C=O) groups is 2. The van der Waals surface area contributed by atoms with Gasteiger partial charge in [0.05, 0.1) is 18.8 Å². The molecule has 1 amide bonds. The normalized spacial score (nSPS) is 16.2. The zero-order valence-corrected chi connectivity index (χ0v) is 16.5. The predicted molar refractivity (Wildman–Crippen MR) is 103 cm³/mol. The van der Waals surface area contributed by atoms with Gasteiger partial charge in [-0.3, -0.25) is 9.69 Å². The third kappa shape index (κ3) is 6.05. The first kappa shape index (κ1) is 20.8. The maximum Gasteiger partial charge on any atom is 0.372 e. The molecule has 2 N–H and O–H groups in total. The Morgan fingerprint density at radius 3 is 2.65 bits per heavy atom. The molecule has 1 fully saturated rings. The number of benzene rings is 1. The molecule has 0 bridgehead atoms. The quantitative estimate of drug-likeness (QED) is 0.559. The zero-order valence-electron chi connectivity index (χ0n) is 14.9. The summed E-state index contributed by atoms with van der Waals surface area (Å²) in [5.41, 5.74) is 0.617. The third-order valence-corrected chi connectivity index (χ3v) is 5.12. The van der Waals surface area contributed by atoms with Gasteiger partial charge in [-0.1, -0.05) is 11.6 Å². The molecule has 1 aromatic carbocycles. The summed E-state index contributed by atoms with van der Waals surface area (Å²) >= 11 is 6.99. The summed E-state index contributed by atoms with van der Waals surface area (Å²) in [5, 5.41) is 12.8. The fraction of sp³-hybridized carbons (Fsp3) is 0.529. The molecule has 144 valence electrons. The van der Waals surface area contributed by atoms with Crippen molar-refractivity contribution in [2.75, 3.05) is 44.6 Å². The summed E-state index contributed by atoms with van der Waals surface area (Å²) in [4.78, 5) is 28.5. The SMILES string of the molecule is CCOC(=O)Sc1ccc(Cl)cc1NCC(=O)N1CCN(C(C)O)CC1. The van der Waals surface area contributed by atoms with Gasteiger partial charge in [-0.05, 0) is 43.8 Å². The van der Waals surface area contributed by atoms with Gasteiger partial charge in [0, 0.05) is 36.1 Å². The van der Waals surface area contributed by atoms with Gasteiger partial charge in [0.2, 0.25) is 5.91 Å². The van der Waals surface area contributed by atoms with Crippen molar-refractivity contribution in [3.63, 3.8) is 0 Å². The maximum absolute atomic E-state index is 12.4. The van der Waals surface area contributed by atoms with Crippen LogP contribution in [0.2, 0.25) is 5.02 Å². The highest BCUT2D eigenvalue weighted by Crippen LogP contribution is 2.31. The van der Waals surface area contributed by atoms with Crippen LogP contribution >= 0.6 is 23.4 Å². The van der Waals surface area contributed by atoms with Crippen molar-refractivity contribution in [1.29, 1.82) is 0 Å². The van der Waals surface area contributed by atoms with Crippen LogP contribution in [-0.2, 0) is 9.53 Å². The lowest BCUT2D eigenvalue weighted by atomic mass is 10.3. The van der Waals surface area contributed by atoms with Crippen LogP contribution in [0.1, 0.15) is 13.8 Å². The molecule has 0 saturated carbocycles. The van der Waals surface area contributed by atoms with E-state index in [4.69, 9.17) is 16.3 Å². The minimum absolute atomic E-state index is 0.0395. The van der Waals surface area contributed by atoms with Crippen LogP contribution in [0.25, 0.3) is 0 Å². The number of amides is 1. The number of carbonyl (C=O) groups excluding carboxylic acids is 2. The van der Waals surface area contributed by atoms with Crippen molar-refractivity contribution in [2.45, 2.75) is 25.0 Å². The Balaban J connectivity index is 1.93. The largest absolute Gasteiger partial charge is 0.458 e. The van der Waals surface area contributed by atoms with E-state index in [1.165, 1.54) is 0 Å². The highest BCUT2D eigenvalue weighted by atomic mass is 35.5. The van der Waals surface area contributed by atoms with Gasteiger partial charge in [0.15, 0.2) is 0 Å². The first-order valence-electron chi connectivity index (χ1n) is 8.48. The number of aliphatic hydroxyl groups excluding tert-OH is 1. The van der Waals surface area contributed by atoms with Crippen LogP contribution in [0.15, 0.2) is 23.1 Å². The predicted octanol–water partition coefficient (Wildman–Crippen LogP) is 2.48. The van der Waals surface area contributed by atoms with Gasteiger partial charge in [-0.25, -0.2) is 4.79 Å². The van der Waals surface area contributed by atoms with Crippen LogP contribution < -0.4 is 5.32 Å². The lowest BCUT2D eigenvalue weighted by molar-refractivity contribution is -0.132. The highest BCUT2D eigenvalue weighted by Gasteiger charge is 2.23. The lowest BCUT2D eigenvalue weighted by Crippen LogP contribution is -2.52. The second-order valence-electron chi connectivity index (χ2n) is 5.83. The number of rotatable bonds is 6. The molecule has 0 spiro atoms. The molecule has 2 rings (SSSR count). The summed E-state index contributed by atoms with van der Waals surface area (Å²) in [7, 11) is 0. The molecule has 1 aliphatic heterocycles. The van der Waals surface area contributed by atoms with Crippen molar-refractivity contribution in [3.8, 4) is 0 Å². The number of nitrogens with zero attached hydrogens (tertiary/aromatic N) is 2. The standard InChI is InChI=1S/C17H24ClN3O4S/c1-3-25-17(24)26-15-5-4-13(18)10-14(15)19-11-16(23)21-8-6-20(7-9-21)12(2)22/h4-5,10,12,19,22H,3,6-9,11H2,1-2H3. The number of anilines is 1. The molecule has 1 aliphatic rings. The number of hydrogen-bond acceptors (Lipinski definition) is 7.